The van der Waals surface area contributed by atoms with Crippen LogP contribution in [0.25, 0.3) is 0 Å². The van der Waals surface area contributed by atoms with Gasteiger partial charge in [-0.2, -0.15) is 0 Å². The Morgan fingerprint density at radius 1 is 0.962 bits per heavy atom. The predicted octanol–water partition coefficient (Wildman–Crippen LogP) is 4.37. The number of benzene rings is 2. The smallest absolute Gasteiger partial charge is 0.149 e. The molecule has 1 aliphatic heterocycles. The molecule has 1 unspecified atom stereocenters. The van der Waals surface area contributed by atoms with Gasteiger partial charge in [-0.25, -0.2) is 0 Å². The molecule has 0 aliphatic carbocycles. The fraction of sp³-hybridized carbons (Fsp3) is 0.455. The average molecular weight is 354 g/mol. The number of para-hydroxylation sites is 1. The Morgan fingerprint density at radius 3 is 2.23 bits per heavy atom. The van der Waals surface area contributed by atoms with Crippen LogP contribution in [-0.4, -0.2) is 42.4 Å². The minimum atomic E-state index is -0.0200. The van der Waals surface area contributed by atoms with E-state index in [2.05, 4.69) is 67.0 Å². The summed E-state index contributed by atoms with van der Waals surface area (Å²) in [6.45, 7) is 12.2. The van der Waals surface area contributed by atoms with Crippen LogP contribution in [0.15, 0.2) is 42.5 Å². The van der Waals surface area contributed by atoms with E-state index < -0.39 is 0 Å². The molecule has 1 N–H and O–H groups in total. The minimum absolute atomic E-state index is 0.0200. The summed E-state index contributed by atoms with van der Waals surface area (Å²) >= 11 is 0. The molecule has 0 saturated carbocycles. The molecule has 1 aliphatic rings. The van der Waals surface area contributed by atoms with Gasteiger partial charge in [0, 0.05) is 37.4 Å². The third-order valence-corrected chi connectivity index (χ3v) is 5.27. The van der Waals surface area contributed by atoms with Gasteiger partial charge in [0.15, 0.2) is 0 Å². The molecule has 2 aromatic rings. The highest BCUT2D eigenvalue weighted by Crippen LogP contribution is 2.33. The van der Waals surface area contributed by atoms with E-state index in [1.165, 1.54) is 5.69 Å². The molecule has 3 rings (SSSR count). The maximum atomic E-state index is 10.2. The zero-order valence-electron chi connectivity index (χ0n) is 16.3. The van der Waals surface area contributed by atoms with E-state index in [-0.39, 0.29) is 6.23 Å². The van der Waals surface area contributed by atoms with Gasteiger partial charge in [0.05, 0.1) is 0 Å². The maximum absolute atomic E-state index is 10.2. The number of ether oxygens (including phenoxy) is 1. The first kappa shape index (κ1) is 18.6. The van der Waals surface area contributed by atoms with Gasteiger partial charge in [-0.1, -0.05) is 32.0 Å². The lowest BCUT2D eigenvalue weighted by Crippen LogP contribution is -2.51. The summed E-state index contributed by atoms with van der Waals surface area (Å²) in [6, 6.07) is 14.5. The van der Waals surface area contributed by atoms with Gasteiger partial charge in [-0.15, -0.1) is 0 Å². The summed E-state index contributed by atoms with van der Waals surface area (Å²) in [5.41, 5.74) is 3.19. The van der Waals surface area contributed by atoms with Crippen molar-refractivity contribution in [1.29, 1.82) is 0 Å². The Labute approximate surface area is 157 Å². The van der Waals surface area contributed by atoms with Crippen LogP contribution in [0.5, 0.6) is 11.5 Å². The van der Waals surface area contributed by atoms with Crippen LogP contribution in [0.4, 0.5) is 5.69 Å². The first-order valence-corrected chi connectivity index (χ1v) is 9.50. The van der Waals surface area contributed by atoms with Crippen molar-refractivity contribution >= 4 is 5.69 Å². The quantitative estimate of drug-likeness (QED) is 0.865. The molecule has 1 heterocycles. The highest BCUT2D eigenvalue weighted by molar-refractivity contribution is 5.48. The summed E-state index contributed by atoms with van der Waals surface area (Å²) in [4.78, 5) is 4.78. The van der Waals surface area contributed by atoms with Crippen molar-refractivity contribution in [1.82, 2.24) is 4.90 Å². The largest absolute Gasteiger partial charge is 0.508 e. The van der Waals surface area contributed by atoms with E-state index in [9.17, 15) is 5.11 Å². The first-order valence-electron chi connectivity index (χ1n) is 9.50. The van der Waals surface area contributed by atoms with Gasteiger partial charge in [0.2, 0.25) is 0 Å². The third kappa shape index (κ3) is 4.13. The number of anilines is 1. The topological polar surface area (TPSA) is 35.9 Å². The van der Waals surface area contributed by atoms with Crippen LogP contribution in [-0.2, 0) is 0 Å². The number of piperazine rings is 1. The summed E-state index contributed by atoms with van der Waals surface area (Å²) in [5, 5.41) is 10.2. The Kier molecular flexibility index (Phi) is 5.72. The van der Waals surface area contributed by atoms with E-state index in [1.54, 1.807) is 0 Å². The number of phenols is 1. The molecule has 0 bridgehead atoms. The fourth-order valence-electron chi connectivity index (χ4n) is 3.39. The Morgan fingerprint density at radius 2 is 1.62 bits per heavy atom. The second-order valence-corrected chi connectivity index (χ2v) is 7.39. The summed E-state index contributed by atoms with van der Waals surface area (Å²) in [5.74, 6) is 1.45. The standard InChI is InChI=1S/C22H30N2O2/c1-16(2)19-14-21(25)17(3)22(15-19)26-18(4)23-10-12-24(13-11-23)20-8-6-5-7-9-20/h5-9,14-16,18,25H,10-13H2,1-4H3. The van der Waals surface area contributed by atoms with Crippen LogP contribution in [0.2, 0.25) is 0 Å². The Hall–Kier alpha value is -2.20. The number of phenolic OH excluding ortho intramolecular Hbond substituents is 1. The van der Waals surface area contributed by atoms with Crippen molar-refractivity contribution in [3.63, 3.8) is 0 Å². The third-order valence-electron chi connectivity index (χ3n) is 5.27. The van der Waals surface area contributed by atoms with Gasteiger partial charge in [0.25, 0.3) is 0 Å². The lowest BCUT2D eigenvalue weighted by Gasteiger charge is -2.39. The van der Waals surface area contributed by atoms with E-state index in [0.29, 0.717) is 11.7 Å². The molecule has 1 atom stereocenters. The van der Waals surface area contributed by atoms with Crippen molar-refractivity contribution in [3.05, 3.63) is 53.6 Å². The number of aromatic hydroxyl groups is 1. The fourth-order valence-corrected chi connectivity index (χ4v) is 3.39. The molecule has 0 aromatic heterocycles. The predicted molar refractivity (Wildman–Crippen MR) is 107 cm³/mol. The van der Waals surface area contributed by atoms with Gasteiger partial charge in [-0.3, -0.25) is 4.90 Å². The van der Waals surface area contributed by atoms with Gasteiger partial charge in [0.1, 0.15) is 17.7 Å². The number of hydrogen-bond acceptors (Lipinski definition) is 4. The molecule has 0 spiro atoms. The van der Waals surface area contributed by atoms with Crippen molar-refractivity contribution in [2.75, 3.05) is 31.1 Å². The molecule has 0 radical (unpaired) electrons. The van der Waals surface area contributed by atoms with Crippen molar-refractivity contribution in [2.24, 2.45) is 0 Å². The molecule has 4 nitrogen and oxygen atoms in total. The number of nitrogens with zero attached hydrogens (tertiary/aromatic N) is 2. The Bertz CT molecular complexity index is 722. The maximum Gasteiger partial charge on any atom is 0.149 e. The second kappa shape index (κ2) is 8.00. The lowest BCUT2D eigenvalue weighted by molar-refractivity contribution is 0.0349. The highest BCUT2D eigenvalue weighted by atomic mass is 16.5. The van der Waals surface area contributed by atoms with Gasteiger partial charge < -0.3 is 14.7 Å². The molecular formula is C22H30N2O2. The second-order valence-electron chi connectivity index (χ2n) is 7.39. The van der Waals surface area contributed by atoms with Crippen LogP contribution < -0.4 is 9.64 Å². The molecule has 0 amide bonds. The van der Waals surface area contributed by atoms with Crippen LogP contribution >= 0.6 is 0 Å². The SMILES string of the molecule is Cc1c(O)cc(C(C)C)cc1OC(C)N1CCN(c2ccccc2)CC1. The monoisotopic (exact) mass is 354 g/mol. The Balaban J connectivity index is 1.64. The molecule has 2 aromatic carbocycles. The highest BCUT2D eigenvalue weighted by Gasteiger charge is 2.23. The van der Waals surface area contributed by atoms with Crippen molar-refractivity contribution < 1.29 is 9.84 Å². The first-order chi connectivity index (χ1) is 12.5. The van der Waals surface area contributed by atoms with E-state index in [0.717, 1.165) is 43.1 Å². The van der Waals surface area contributed by atoms with Crippen molar-refractivity contribution in [3.8, 4) is 11.5 Å². The van der Waals surface area contributed by atoms with E-state index >= 15 is 0 Å². The zero-order valence-corrected chi connectivity index (χ0v) is 16.3. The van der Waals surface area contributed by atoms with Crippen LogP contribution in [0.1, 0.15) is 37.8 Å². The van der Waals surface area contributed by atoms with E-state index in [4.69, 9.17) is 4.74 Å². The minimum Gasteiger partial charge on any atom is -0.508 e. The average Bonchev–Trinajstić information content (AvgIpc) is 2.66. The number of hydrogen-bond donors (Lipinski definition) is 1. The molecule has 1 saturated heterocycles. The number of rotatable bonds is 5. The molecule has 4 heteroatoms. The molecule has 140 valence electrons. The van der Waals surface area contributed by atoms with Gasteiger partial charge in [-0.05, 0) is 49.6 Å². The lowest BCUT2D eigenvalue weighted by atomic mass is 10.0. The van der Waals surface area contributed by atoms with Crippen LogP contribution in [0, 0.1) is 6.92 Å². The summed E-state index contributed by atoms with van der Waals surface area (Å²) in [7, 11) is 0. The van der Waals surface area contributed by atoms with Crippen molar-refractivity contribution in [2.45, 2.75) is 39.8 Å². The molecule has 26 heavy (non-hydrogen) atoms. The van der Waals surface area contributed by atoms with Crippen LogP contribution in [0.3, 0.4) is 0 Å². The normalized spacial score (nSPS) is 16.7. The van der Waals surface area contributed by atoms with E-state index in [1.807, 2.05) is 13.0 Å². The molecular weight excluding hydrogens is 324 g/mol. The zero-order chi connectivity index (χ0) is 18.7. The summed E-state index contributed by atoms with van der Waals surface area (Å²) in [6.07, 6.45) is -0.0200. The summed E-state index contributed by atoms with van der Waals surface area (Å²) < 4.78 is 6.24. The molecule has 1 fully saturated rings. The van der Waals surface area contributed by atoms with Gasteiger partial charge >= 0.3 is 0 Å².